The van der Waals surface area contributed by atoms with Crippen molar-refractivity contribution < 1.29 is 19.7 Å². The fourth-order valence-electron chi connectivity index (χ4n) is 2.71. The molecule has 1 aliphatic carbocycles. The zero-order valence-corrected chi connectivity index (χ0v) is 14.5. The number of hydrogen-bond acceptors (Lipinski definition) is 8. The number of hydrogen-bond donors (Lipinski definition) is 4. The maximum Gasteiger partial charge on any atom is 0.252 e. The first-order valence-electron chi connectivity index (χ1n) is 7.43. The molecule has 2 fully saturated rings. The van der Waals surface area contributed by atoms with E-state index in [1.165, 1.54) is 10.9 Å². The molecule has 1 unspecified atom stereocenters. The van der Waals surface area contributed by atoms with Gasteiger partial charge in [0.2, 0.25) is 0 Å². The van der Waals surface area contributed by atoms with Gasteiger partial charge in [-0.15, -0.1) is 0 Å². The van der Waals surface area contributed by atoms with Gasteiger partial charge in [0.25, 0.3) is 5.91 Å². The lowest BCUT2D eigenvalue weighted by atomic mass is 10.1. The van der Waals surface area contributed by atoms with E-state index in [2.05, 4.69) is 20.3 Å². The minimum atomic E-state index is -1.34. The number of carbonyl (C=O) groups is 1. The summed E-state index contributed by atoms with van der Waals surface area (Å²) in [6, 6.07) is 0.132. The molecule has 2 aromatic heterocycles. The Bertz CT molecular complexity index is 809. The third-order valence-corrected chi connectivity index (χ3v) is 4.60. The number of fused-ring (bicyclic) bond motifs is 1. The number of nitrogens with two attached hydrogens (primary N) is 1. The first kappa shape index (κ1) is 15.9. The summed E-state index contributed by atoms with van der Waals surface area (Å²) in [6.45, 7) is 0. The molecule has 5 N–H and O–H groups in total. The number of aliphatic hydroxyl groups excluding tert-OH is 2. The Morgan fingerprint density at radius 3 is 2.83 bits per heavy atom. The summed E-state index contributed by atoms with van der Waals surface area (Å²) in [5.41, 5.74) is 6.55. The highest BCUT2D eigenvalue weighted by Gasteiger charge is 2.48. The van der Waals surface area contributed by atoms with Crippen LogP contribution in [0, 0.1) is 3.83 Å². The predicted octanol–water partition coefficient (Wildman–Crippen LogP) is -1.09. The summed E-state index contributed by atoms with van der Waals surface area (Å²) < 4.78 is 7.48. The lowest BCUT2D eigenvalue weighted by molar-refractivity contribution is -0.137. The van der Waals surface area contributed by atoms with Crippen LogP contribution in [0.25, 0.3) is 11.2 Å². The summed E-state index contributed by atoms with van der Waals surface area (Å²) in [7, 11) is 0. The van der Waals surface area contributed by atoms with Crippen molar-refractivity contribution in [1.82, 2.24) is 24.8 Å². The molecule has 0 bridgehead atoms. The van der Waals surface area contributed by atoms with E-state index in [0.29, 0.717) is 15.0 Å². The fraction of sp³-hybridized carbons (Fsp3) is 0.538. The molecule has 1 amide bonds. The van der Waals surface area contributed by atoms with E-state index in [0.717, 1.165) is 12.8 Å². The molecule has 24 heavy (non-hydrogen) atoms. The number of aliphatic hydroxyl groups is 2. The smallest absolute Gasteiger partial charge is 0.252 e. The Kier molecular flexibility index (Phi) is 3.82. The number of ether oxygens (including phenoxy) is 1. The molecule has 3 heterocycles. The van der Waals surface area contributed by atoms with E-state index >= 15 is 0 Å². The number of carbonyl (C=O) groups excluding carboxylic acids is 1. The zero-order valence-electron chi connectivity index (χ0n) is 12.3. The van der Waals surface area contributed by atoms with Crippen LogP contribution in [-0.4, -0.2) is 60.0 Å². The molecular formula is C13H15IN6O4. The quantitative estimate of drug-likeness (QED) is 0.344. The van der Waals surface area contributed by atoms with Crippen molar-refractivity contribution >= 4 is 45.5 Å². The van der Waals surface area contributed by atoms with Gasteiger partial charge in [-0.1, -0.05) is 0 Å². The number of nitrogens with one attached hydrogen (secondary N) is 1. The Hall–Kier alpha value is -1.57. The van der Waals surface area contributed by atoms with Crippen LogP contribution in [0.5, 0.6) is 0 Å². The number of imidazole rings is 1. The number of halogens is 1. The van der Waals surface area contributed by atoms with E-state index in [1.807, 2.05) is 22.6 Å². The molecule has 11 heteroatoms. The molecule has 128 valence electrons. The van der Waals surface area contributed by atoms with Gasteiger partial charge in [-0.2, -0.15) is 0 Å². The van der Waals surface area contributed by atoms with Gasteiger partial charge in [-0.05, 0) is 12.8 Å². The first-order chi connectivity index (χ1) is 11.5. The maximum atomic E-state index is 12.2. The summed E-state index contributed by atoms with van der Waals surface area (Å²) in [5.74, 6) is -0.223. The van der Waals surface area contributed by atoms with E-state index in [-0.39, 0.29) is 11.9 Å². The van der Waals surface area contributed by atoms with Crippen LogP contribution in [0.3, 0.4) is 0 Å². The number of nitrogens with zero attached hydrogens (tertiary/aromatic N) is 4. The maximum absolute atomic E-state index is 12.2. The second-order valence-electron chi connectivity index (χ2n) is 5.91. The van der Waals surface area contributed by atoms with Crippen molar-refractivity contribution in [3.8, 4) is 0 Å². The molecule has 0 aromatic carbocycles. The van der Waals surface area contributed by atoms with Crippen LogP contribution in [0.4, 0.5) is 5.82 Å². The summed E-state index contributed by atoms with van der Waals surface area (Å²) in [6.07, 6.45) is -1.56. The van der Waals surface area contributed by atoms with Gasteiger partial charge in [0, 0.05) is 28.6 Å². The topological polar surface area (TPSA) is 148 Å². The first-order valence-corrected chi connectivity index (χ1v) is 8.51. The Morgan fingerprint density at radius 1 is 1.38 bits per heavy atom. The molecule has 10 nitrogen and oxygen atoms in total. The Morgan fingerprint density at radius 2 is 2.12 bits per heavy atom. The second kappa shape index (κ2) is 5.75. The molecule has 0 spiro atoms. The lowest BCUT2D eigenvalue weighted by Crippen LogP contribution is -2.43. The van der Waals surface area contributed by atoms with Crippen LogP contribution >= 0.6 is 22.6 Å². The van der Waals surface area contributed by atoms with Crippen molar-refractivity contribution in [3.05, 3.63) is 10.2 Å². The van der Waals surface area contributed by atoms with Crippen LogP contribution in [0.1, 0.15) is 19.1 Å². The molecule has 2 aromatic rings. The second-order valence-corrected chi connectivity index (χ2v) is 6.88. The highest BCUT2D eigenvalue weighted by atomic mass is 127. The fourth-order valence-corrected chi connectivity index (χ4v) is 3.20. The monoisotopic (exact) mass is 446 g/mol. The van der Waals surface area contributed by atoms with Crippen molar-refractivity contribution in [3.63, 3.8) is 0 Å². The number of aromatic nitrogens is 4. The standard InChI is InChI=1S/C13H15IN6O4/c14-13-18-9(15)5-10(19-13)20(3-16-5)12-7(22)6(21)8(24-12)11(23)17-4-1-2-4/h3-4,6-8,12,21-22H,1-2H2,(H,17,23)(H2,15,18,19)/t6-,7?,8+,12-/m1/s1. The molecule has 2 aliphatic rings. The summed E-state index contributed by atoms with van der Waals surface area (Å²) in [4.78, 5) is 24.6. The van der Waals surface area contributed by atoms with Crippen LogP contribution in [-0.2, 0) is 9.53 Å². The number of amides is 1. The van der Waals surface area contributed by atoms with Crippen molar-refractivity contribution in [2.24, 2.45) is 0 Å². The third-order valence-electron chi connectivity index (χ3n) is 4.12. The predicted molar refractivity (Wildman–Crippen MR) is 89.5 cm³/mol. The van der Waals surface area contributed by atoms with Crippen molar-refractivity contribution in [2.75, 3.05) is 5.73 Å². The molecule has 4 atom stereocenters. The number of rotatable bonds is 3. The Labute approximate surface area is 149 Å². The normalized spacial score (nSPS) is 30.0. The number of anilines is 1. The molecule has 1 aliphatic heterocycles. The SMILES string of the molecule is Nc1nc(I)nc2c1ncn2[C@@H]1O[C@H](C(=O)NC2CC2)[C@H](O)C1O. The van der Waals surface area contributed by atoms with E-state index in [1.54, 1.807) is 0 Å². The van der Waals surface area contributed by atoms with Gasteiger partial charge in [0.05, 0.1) is 6.33 Å². The molecule has 4 rings (SSSR count). The Balaban J connectivity index is 1.65. The average Bonchev–Trinajstić information content (AvgIpc) is 3.16. The molecule has 1 saturated heterocycles. The van der Waals surface area contributed by atoms with Gasteiger partial charge in [-0.3, -0.25) is 9.36 Å². The van der Waals surface area contributed by atoms with Crippen LogP contribution in [0.15, 0.2) is 6.33 Å². The van der Waals surface area contributed by atoms with Gasteiger partial charge in [-0.25, -0.2) is 15.0 Å². The molecular weight excluding hydrogens is 431 g/mol. The van der Waals surface area contributed by atoms with Gasteiger partial charge in [0.1, 0.15) is 17.7 Å². The third kappa shape index (κ3) is 2.60. The van der Waals surface area contributed by atoms with Crippen molar-refractivity contribution in [1.29, 1.82) is 0 Å². The van der Waals surface area contributed by atoms with Crippen molar-refractivity contribution in [2.45, 2.75) is 43.4 Å². The minimum absolute atomic E-state index is 0.132. The molecule has 1 saturated carbocycles. The highest BCUT2D eigenvalue weighted by Crippen LogP contribution is 2.33. The van der Waals surface area contributed by atoms with Gasteiger partial charge in [0.15, 0.2) is 27.6 Å². The highest BCUT2D eigenvalue weighted by molar-refractivity contribution is 14.1. The van der Waals surface area contributed by atoms with Gasteiger partial charge < -0.3 is 26.0 Å². The summed E-state index contributed by atoms with van der Waals surface area (Å²) in [5, 5.41) is 23.3. The van der Waals surface area contributed by atoms with E-state index < -0.39 is 30.4 Å². The summed E-state index contributed by atoms with van der Waals surface area (Å²) >= 11 is 1.91. The molecule has 0 radical (unpaired) electrons. The minimum Gasteiger partial charge on any atom is -0.387 e. The van der Waals surface area contributed by atoms with Crippen LogP contribution in [0.2, 0.25) is 0 Å². The van der Waals surface area contributed by atoms with E-state index in [4.69, 9.17) is 10.5 Å². The lowest BCUT2D eigenvalue weighted by Gasteiger charge is -2.16. The zero-order chi connectivity index (χ0) is 17.0. The van der Waals surface area contributed by atoms with Gasteiger partial charge >= 0.3 is 0 Å². The average molecular weight is 446 g/mol. The van der Waals surface area contributed by atoms with Crippen LogP contribution < -0.4 is 11.1 Å². The van der Waals surface area contributed by atoms with E-state index in [9.17, 15) is 15.0 Å². The largest absolute Gasteiger partial charge is 0.387 e. The number of nitrogen functional groups attached to an aromatic ring is 1.